The van der Waals surface area contributed by atoms with E-state index >= 15 is 0 Å². The molecule has 1 N–H and O–H groups in total. The minimum absolute atomic E-state index is 0.000404. The highest BCUT2D eigenvalue weighted by atomic mass is 16.7. The van der Waals surface area contributed by atoms with Gasteiger partial charge in [0.25, 0.3) is 0 Å². The van der Waals surface area contributed by atoms with Crippen LogP contribution in [0.5, 0.6) is 0 Å². The Morgan fingerprint density at radius 1 is 1.12 bits per heavy atom. The summed E-state index contributed by atoms with van der Waals surface area (Å²) in [5.74, 6) is 0.464. The molecule has 0 aliphatic carbocycles. The molecule has 1 atom stereocenters. The van der Waals surface area contributed by atoms with Crippen molar-refractivity contribution in [2.75, 3.05) is 20.8 Å². The van der Waals surface area contributed by atoms with Gasteiger partial charge < -0.3 is 14.8 Å². The Morgan fingerprint density at radius 2 is 1.73 bits per heavy atom. The van der Waals surface area contributed by atoms with E-state index in [1.54, 1.807) is 14.2 Å². The first-order valence-electron chi connectivity index (χ1n) is 9.66. The minimum atomic E-state index is -0.142. The molecule has 0 aliphatic heterocycles. The van der Waals surface area contributed by atoms with E-state index in [2.05, 4.69) is 45.1 Å². The third-order valence-corrected chi connectivity index (χ3v) is 5.00. The maximum Gasteiger partial charge on any atom is 0.223 e. The molecule has 1 aromatic rings. The molecule has 0 aromatic heterocycles. The first-order valence-corrected chi connectivity index (χ1v) is 9.66. The summed E-state index contributed by atoms with van der Waals surface area (Å²) in [5.41, 5.74) is 1.27. The number of nitrogens with one attached hydrogen (secondary N) is 1. The van der Waals surface area contributed by atoms with Crippen molar-refractivity contribution in [1.29, 1.82) is 0 Å². The van der Waals surface area contributed by atoms with Crippen molar-refractivity contribution in [3.05, 3.63) is 35.9 Å². The van der Waals surface area contributed by atoms with Gasteiger partial charge >= 0.3 is 0 Å². The second-order valence-electron chi connectivity index (χ2n) is 8.22. The molecule has 0 bridgehead atoms. The number of hydrogen-bond donors (Lipinski definition) is 1. The highest BCUT2D eigenvalue weighted by Crippen LogP contribution is 2.24. The number of methoxy groups -OCH3 is 2. The lowest BCUT2D eigenvalue weighted by atomic mass is 9.85. The average molecular weight is 364 g/mol. The van der Waals surface area contributed by atoms with Gasteiger partial charge in [-0.3, -0.25) is 4.79 Å². The van der Waals surface area contributed by atoms with Gasteiger partial charge in [-0.15, -0.1) is 0 Å². The minimum Gasteiger partial charge on any atom is -0.356 e. The summed E-state index contributed by atoms with van der Waals surface area (Å²) in [5, 5.41) is 3.19. The number of rotatable bonds is 12. The van der Waals surface area contributed by atoms with Crippen LogP contribution in [0.4, 0.5) is 0 Å². The van der Waals surface area contributed by atoms with E-state index in [1.807, 2.05) is 18.2 Å². The van der Waals surface area contributed by atoms with Crippen molar-refractivity contribution >= 4 is 5.91 Å². The Morgan fingerprint density at radius 3 is 2.27 bits per heavy atom. The van der Waals surface area contributed by atoms with Gasteiger partial charge in [0.15, 0.2) is 6.29 Å². The van der Waals surface area contributed by atoms with Crippen molar-refractivity contribution < 1.29 is 14.3 Å². The predicted octanol–water partition coefficient (Wildman–Crippen LogP) is 4.43. The summed E-state index contributed by atoms with van der Waals surface area (Å²) < 4.78 is 10.5. The van der Waals surface area contributed by atoms with Crippen LogP contribution in [0.15, 0.2) is 30.3 Å². The fourth-order valence-corrected chi connectivity index (χ4v) is 3.12. The quantitative estimate of drug-likeness (QED) is 0.559. The second-order valence-corrected chi connectivity index (χ2v) is 8.22. The van der Waals surface area contributed by atoms with Crippen LogP contribution in [-0.4, -0.2) is 33.0 Å². The standard InChI is InChI=1S/C22H37NO3/c1-17(2)19(15-18-11-8-7-9-12-18)21(24)23-16-22(3,4)14-10-13-20(25-5)26-6/h7-9,11-12,17,19-20H,10,13-16H2,1-6H3,(H,23,24). The van der Waals surface area contributed by atoms with Crippen LogP contribution in [0, 0.1) is 17.3 Å². The Balaban J connectivity index is 2.50. The average Bonchev–Trinajstić information content (AvgIpc) is 2.62. The summed E-state index contributed by atoms with van der Waals surface area (Å²) in [7, 11) is 3.33. The molecule has 148 valence electrons. The molecule has 26 heavy (non-hydrogen) atoms. The molecule has 1 unspecified atom stereocenters. The maximum atomic E-state index is 12.8. The molecule has 0 spiro atoms. The molecule has 0 heterocycles. The molecule has 4 heteroatoms. The van der Waals surface area contributed by atoms with Crippen LogP contribution >= 0.6 is 0 Å². The fraction of sp³-hybridized carbons (Fsp3) is 0.682. The molecule has 0 saturated heterocycles. The largest absolute Gasteiger partial charge is 0.356 e. The lowest BCUT2D eigenvalue weighted by Gasteiger charge is -2.28. The number of amides is 1. The van der Waals surface area contributed by atoms with Crippen LogP contribution < -0.4 is 5.32 Å². The number of benzene rings is 1. The maximum absolute atomic E-state index is 12.8. The van der Waals surface area contributed by atoms with Crippen LogP contribution in [0.25, 0.3) is 0 Å². The van der Waals surface area contributed by atoms with Crippen LogP contribution in [0.2, 0.25) is 0 Å². The molecule has 1 aromatic carbocycles. The van der Waals surface area contributed by atoms with E-state index in [-0.39, 0.29) is 23.5 Å². The van der Waals surface area contributed by atoms with Crippen LogP contribution in [-0.2, 0) is 20.7 Å². The van der Waals surface area contributed by atoms with Gasteiger partial charge in [0.2, 0.25) is 5.91 Å². The number of carbonyl (C=O) groups is 1. The molecular weight excluding hydrogens is 326 g/mol. The van der Waals surface area contributed by atoms with Gasteiger partial charge in [-0.1, -0.05) is 58.0 Å². The van der Waals surface area contributed by atoms with Gasteiger partial charge in [-0.25, -0.2) is 0 Å². The van der Waals surface area contributed by atoms with Crippen molar-refractivity contribution in [2.45, 2.75) is 59.7 Å². The zero-order valence-corrected chi connectivity index (χ0v) is 17.4. The first kappa shape index (κ1) is 22.7. The van der Waals surface area contributed by atoms with Crippen molar-refractivity contribution in [3.8, 4) is 0 Å². The van der Waals surface area contributed by atoms with Crippen molar-refractivity contribution in [3.63, 3.8) is 0 Å². The summed E-state index contributed by atoms with van der Waals surface area (Å²) in [6.45, 7) is 9.32. The summed E-state index contributed by atoms with van der Waals surface area (Å²) in [6.07, 6.45) is 3.53. The highest BCUT2D eigenvalue weighted by molar-refractivity contribution is 5.79. The molecule has 4 nitrogen and oxygen atoms in total. The molecule has 1 amide bonds. The Hall–Kier alpha value is -1.39. The van der Waals surface area contributed by atoms with Gasteiger partial charge in [-0.05, 0) is 42.6 Å². The van der Waals surface area contributed by atoms with Crippen molar-refractivity contribution in [1.82, 2.24) is 5.32 Å². The lowest BCUT2D eigenvalue weighted by Crippen LogP contribution is -2.40. The van der Waals surface area contributed by atoms with Gasteiger partial charge in [0.1, 0.15) is 0 Å². The molecular formula is C22H37NO3. The van der Waals surface area contributed by atoms with E-state index in [0.717, 1.165) is 25.7 Å². The topological polar surface area (TPSA) is 47.6 Å². The Kier molecular flexibility index (Phi) is 9.89. The van der Waals surface area contributed by atoms with E-state index in [9.17, 15) is 4.79 Å². The van der Waals surface area contributed by atoms with E-state index in [4.69, 9.17) is 9.47 Å². The second kappa shape index (κ2) is 11.3. The molecule has 0 aliphatic rings. The van der Waals surface area contributed by atoms with Crippen LogP contribution in [0.3, 0.4) is 0 Å². The summed E-state index contributed by atoms with van der Waals surface area (Å²) >= 11 is 0. The normalized spacial score (nSPS) is 13.2. The fourth-order valence-electron chi connectivity index (χ4n) is 3.12. The summed E-state index contributed by atoms with van der Waals surface area (Å²) in [4.78, 5) is 12.8. The number of carbonyl (C=O) groups excluding carboxylic acids is 1. The highest BCUT2D eigenvalue weighted by Gasteiger charge is 2.25. The molecule has 0 saturated carbocycles. The smallest absolute Gasteiger partial charge is 0.223 e. The van der Waals surface area contributed by atoms with Gasteiger partial charge in [0.05, 0.1) is 0 Å². The first-order chi connectivity index (χ1) is 12.3. The SMILES string of the molecule is COC(CCCC(C)(C)CNC(=O)C(Cc1ccccc1)C(C)C)OC. The Labute approximate surface area is 159 Å². The van der Waals surface area contributed by atoms with Crippen molar-refractivity contribution in [2.24, 2.45) is 17.3 Å². The third kappa shape index (κ3) is 8.33. The van der Waals surface area contributed by atoms with Crippen LogP contribution in [0.1, 0.15) is 52.5 Å². The zero-order chi connectivity index (χ0) is 19.6. The summed E-state index contributed by atoms with van der Waals surface area (Å²) in [6, 6.07) is 10.2. The Bertz CT molecular complexity index is 509. The number of ether oxygens (including phenoxy) is 2. The predicted molar refractivity (Wildman–Crippen MR) is 107 cm³/mol. The zero-order valence-electron chi connectivity index (χ0n) is 17.4. The molecule has 0 fully saturated rings. The third-order valence-electron chi connectivity index (χ3n) is 5.00. The molecule has 1 rings (SSSR count). The molecule has 0 radical (unpaired) electrons. The van der Waals surface area contributed by atoms with Gasteiger partial charge in [0, 0.05) is 26.7 Å². The van der Waals surface area contributed by atoms with E-state index in [1.165, 1.54) is 5.56 Å². The van der Waals surface area contributed by atoms with E-state index in [0.29, 0.717) is 12.5 Å². The monoisotopic (exact) mass is 363 g/mol. The number of hydrogen-bond acceptors (Lipinski definition) is 3. The van der Waals surface area contributed by atoms with E-state index < -0.39 is 0 Å². The van der Waals surface area contributed by atoms with Gasteiger partial charge in [-0.2, -0.15) is 0 Å². The lowest BCUT2D eigenvalue weighted by molar-refractivity contribution is -0.126.